The molecule has 1 N–H and O–H groups in total. The van der Waals surface area contributed by atoms with E-state index in [2.05, 4.69) is 92.2 Å². The van der Waals surface area contributed by atoms with Gasteiger partial charge in [0.2, 0.25) is 0 Å². The Morgan fingerprint density at radius 2 is 1.50 bits per heavy atom. The van der Waals surface area contributed by atoms with Gasteiger partial charge in [-0.25, -0.2) is 9.97 Å². The maximum atomic E-state index is 4.40. The van der Waals surface area contributed by atoms with Crippen molar-refractivity contribution in [3.63, 3.8) is 0 Å². The second-order valence-electron chi connectivity index (χ2n) is 5.37. The molecule has 0 saturated heterocycles. The Morgan fingerprint density at radius 1 is 0.864 bits per heavy atom. The minimum atomic E-state index is 0.816. The first-order valence-electron chi connectivity index (χ1n) is 6.90. The molecule has 0 atom stereocenters. The summed E-state index contributed by atoms with van der Waals surface area (Å²) in [5, 5.41) is 4.42. The van der Waals surface area contributed by atoms with Crippen LogP contribution in [0.4, 0.5) is 11.5 Å². The van der Waals surface area contributed by atoms with Crippen LogP contribution in [0.15, 0.2) is 39.5 Å². The Balaban J connectivity index is 2.09. The van der Waals surface area contributed by atoms with Crippen LogP contribution < -0.4 is 5.32 Å². The van der Waals surface area contributed by atoms with E-state index >= 15 is 0 Å². The molecule has 3 aromatic rings. The van der Waals surface area contributed by atoms with Crippen LogP contribution in [0, 0.1) is 20.8 Å². The average molecular weight is 421 g/mol. The minimum Gasteiger partial charge on any atom is -0.340 e. The van der Waals surface area contributed by atoms with E-state index in [1.54, 1.807) is 6.33 Å². The van der Waals surface area contributed by atoms with Crippen LogP contribution in [0.5, 0.6) is 0 Å². The first kappa shape index (κ1) is 15.4. The number of aromatic nitrogens is 2. The summed E-state index contributed by atoms with van der Waals surface area (Å²) in [6.07, 6.45) is 1.59. The summed E-state index contributed by atoms with van der Waals surface area (Å²) in [7, 11) is 0. The molecule has 5 heteroatoms. The fourth-order valence-electron chi connectivity index (χ4n) is 2.27. The highest BCUT2D eigenvalue weighted by molar-refractivity contribution is 9.11. The van der Waals surface area contributed by atoms with Crippen molar-refractivity contribution in [2.75, 3.05) is 5.32 Å². The zero-order valence-electron chi connectivity index (χ0n) is 12.5. The lowest BCUT2D eigenvalue weighted by atomic mass is 10.1. The minimum absolute atomic E-state index is 0.816. The SMILES string of the molecule is Cc1cc2ncnc(Nc3cc(Br)c(C)c(Br)c3)c2cc1C. The zero-order chi connectivity index (χ0) is 15.9. The van der Waals surface area contributed by atoms with Crippen molar-refractivity contribution >= 4 is 54.3 Å². The van der Waals surface area contributed by atoms with Crippen LogP contribution in [0.1, 0.15) is 16.7 Å². The summed E-state index contributed by atoms with van der Waals surface area (Å²) in [4.78, 5) is 8.77. The number of nitrogens with one attached hydrogen (secondary N) is 1. The summed E-state index contributed by atoms with van der Waals surface area (Å²) >= 11 is 7.16. The van der Waals surface area contributed by atoms with E-state index in [1.807, 2.05) is 0 Å². The molecule has 2 aromatic carbocycles. The molecule has 22 heavy (non-hydrogen) atoms. The molecule has 0 bridgehead atoms. The third-order valence-electron chi connectivity index (χ3n) is 3.79. The maximum Gasteiger partial charge on any atom is 0.141 e. The number of nitrogens with zero attached hydrogens (tertiary/aromatic N) is 2. The lowest BCUT2D eigenvalue weighted by Gasteiger charge is -2.12. The topological polar surface area (TPSA) is 37.8 Å². The number of anilines is 2. The van der Waals surface area contributed by atoms with Crippen LogP contribution in [0.2, 0.25) is 0 Å². The van der Waals surface area contributed by atoms with E-state index in [9.17, 15) is 0 Å². The van der Waals surface area contributed by atoms with Gasteiger partial charge < -0.3 is 5.32 Å². The Bertz CT molecular complexity index is 852. The standard InChI is InChI=1S/C17H15Br2N3/c1-9-4-13-16(5-10(9)2)20-8-21-17(13)22-12-6-14(18)11(3)15(19)7-12/h4-8H,1-3H3,(H,20,21,22). The van der Waals surface area contributed by atoms with Crippen molar-refractivity contribution in [1.82, 2.24) is 9.97 Å². The number of rotatable bonds is 2. The second kappa shape index (κ2) is 5.97. The van der Waals surface area contributed by atoms with Gasteiger partial charge in [-0.2, -0.15) is 0 Å². The molecule has 3 rings (SSSR count). The van der Waals surface area contributed by atoms with Crippen molar-refractivity contribution in [2.45, 2.75) is 20.8 Å². The molecular formula is C17H15Br2N3. The number of benzene rings is 2. The molecular weight excluding hydrogens is 406 g/mol. The van der Waals surface area contributed by atoms with Gasteiger partial charge in [0, 0.05) is 20.0 Å². The van der Waals surface area contributed by atoms with Crippen LogP contribution in [-0.2, 0) is 0 Å². The molecule has 0 radical (unpaired) electrons. The smallest absolute Gasteiger partial charge is 0.141 e. The highest BCUT2D eigenvalue weighted by atomic mass is 79.9. The van der Waals surface area contributed by atoms with E-state index in [-0.39, 0.29) is 0 Å². The summed E-state index contributed by atoms with van der Waals surface area (Å²) in [6.45, 7) is 6.26. The van der Waals surface area contributed by atoms with Gasteiger partial charge in [-0.05, 0) is 61.7 Å². The molecule has 0 fully saturated rings. The van der Waals surface area contributed by atoms with E-state index in [4.69, 9.17) is 0 Å². The van der Waals surface area contributed by atoms with Gasteiger partial charge in [0.15, 0.2) is 0 Å². The third kappa shape index (κ3) is 2.88. The fraction of sp³-hybridized carbons (Fsp3) is 0.176. The Kier molecular flexibility index (Phi) is 4.19. The molecule has 0 saturated carbocycles. The maximum absolute atomic E-state index is 4.40. The Morgan fingerprint density at radius 3 is 2.18 bits per heavy atom. The number of hydrogen-bond acceptors (Lipinski definition) is 3. The molecule has 0 spiro atoms. The number of aryl methyl sites for hydroxylation is 2. The van der Waals surface area contributed by atoms with E-state index < -0.39 is 0 Å². The van der Waals surface area contributed by atoms with Crippen LogP contribution in [-0.4, -0.2) is 9.97 Å². The molecule has 0 amide bonds. The lowest BCUT2D eigenvalue weighted by molar-refractivity contribution is 1.21. The van der Waals surface area contributed by atoms with Gasteiger partial charge in [0.25, 0.3) is 0 Å². The molecule has 3 nitrogen and oxygen atoms in total. The summed E-state index contributed by atoms with van der Waals surface area (Å²) in [5.41, 5.74) is 5.56. The Hall–Kier alpha value is -1.46. The zero-order valence-corrected chi connectivity index (χ0v) is 15.7. The monoisotopic (exact) mass is 419 g/mol. The molecule has 0 aliphatic heterocycles. The summed E-state index contributed by atoms with van der Waals surface area (Å²) in [5.74, 6) is 0.816. The lowest BCUT2D eigenvalue weighted by Crippen LogP contribution is -1.97. The summed E-state index contributed by atoms with van der Waals surface area (Å²) < 4.78 is 2.10. The van der Waals surface area contributed by atoms with E-state index in [0.29, 0.717) is 0 Å². The fourth-order valence-corrected chi connectivity index (χ4v) is 3.46. The highest BCUT2D eigenvalue weighted by Gasteiger charge is 2.08. The first-order valence-corrected chi connectivity index (χ1v) is 8.49. The van der Waals surface area contributed by atoms with Crippen molar-refractivity contribution in [3.8, 4) is 0 Å². The van der Waals surface area contributed by atoms with Gasteiger partial charge >= 0.3 is 0 Å². The van der Waals surface area contributed by atoms with E-state index in [1.165, 1.54) is 16.7 Å². The Labute approximate surface area is 146 Å². The van der Waals surface area contributed by atoms with Crippen molar-refractivity contribution < 1.29 is 0 Å². The van der Waals surface area contributed by atoms with Crippen molar-refractivity contribution in [1.29, 1.82) is 0 Å². The predicted octanol–water partition coefficient (Wildman–Crippen LogP) is 5.82. The molecule has 1 heterocycles. The first-order chi connectivity index (χ1) is 10.5. The normalized spacial score (nSPS) is 11.0. The predicted molar refractivity (Wildman–Crippen MR) is 98.9 cm³/mol. The summed E-state index contributed by atoms with van der Waals surface area (Å²) in [6, 6.07) is 8.33. The third-order valence-corrected chi connectivity index (χ3v) is 5.44. The van der Waals surface area contributed by atoms with Gasteiger partial charge in [-0.3, -0.25) is 0 Å². The van der Waals surface area contributed by atoms with Crippen LogP contribution in [0.3, 0.4) is 0 Å². The number of halogens is 2. The van der Waals surface area contributed by atoms with Crippen LogP contribution >= 0.6 is 31.9 Å². The van der Waals surface area contributed by atoms with Crippen LogP contribution in [0.25, 0.3) is 10.9 Å². The van der Waals surface area contributed by atoms with Gasteiger partial charge in [0.1, 0.15) is 12.1 Å². The number of hydrogen-bond donors (Lipinski definition) is 1. The largest absolute Gasteiger partial charge is 0.340 e. The van der Waals surface area contributed by atoms with Crippen molar-refractivity contribution in [2.24, 2.45) is 0 Å². The highest BCUT2D eigenvalue weighted by Crippen LogP contribution is 2.31. The quantitative estimate of drug-likeness (QED) is 0.567. The van der Waals surface area contributed by atoms with Gasteiger partial charge in [-0.15, -0.1) is 0 Å². The average Bonchev–Trinajstić information content (AvgIpc) is 2.47. The molecule has 1 aromatic heterocycles. The molecule has 0 unspecified atom stereocenters. The second-order valence-corrected chi connectivity index (χ2v) is 7.07. The number of fused-ring (bicyclic) bond motifs is 1. The molecule has 0 aliphatic carbocycles. The van der Waals surface area contributed by atoms with Crippen molar-refractivity contribution in [3.05, 3.63) is 56.2 Å². The van der Waals surface area contributed by atoms with Gasteiger partial charge in [0.05, 0.1) is 5.52 Å². The van der Waals surface area contributed by atoms with Gasteiger partial charge in [-0.1, -0.05) is 31.9 Å². The molecule has 0 aliphatic rings. The van der Waals surface area contributed by atoms with E-state index in [0.717, 1.165) is 31.4 Å². The molecule has 112 valence electrons.